The highest BCUT2D eigenvalue weighted by Gasteiger charge is 2.16. The number of ether oxygens (including phenoxy) is 1. The molecule has 3 nitrogen and oxygen atoms in total. The second kappa shape index (κ2) is 5.30. The van der Waals surface area contributed by atoms with Crippen LogP contribution in [0.5, 0.6) is 5.75 Å². The predicted molar refractivity (Wildman–Crippen MR) is 64.4 cm³/mol. The molecule has 0 atom stereocenters. The lowest BCUT2D eigenvalue weighted by molar-refractivity contribution is 0.153. The maximum absolute atomic E-state index is 6.04. The van der Waals surface area contributed by atoms with E-state index in [0.717, 1.165) is 17.0 Å². The van der Waals surface area contributed by atoms with E-state index in [2.05, 4.69) is 4.98 Å². The molecule has 0 unspecified atom stereocenters. The number of rotatable bonds is 3. The van der Waals surface area contributed by atoms with Crippen LogP contribution in [0.4, 0.5) is 0 Å². The van der Waals surface area contributed by atoms with Crippen molar-refractivity contribution in [3.05, 3.63) is 23.5 Å². The van der Waals surface area contributed by atoms with Crippen LogP contribution in [0.25, 0.3) is 0 Å². The number of hydrogen-bond donors (Lipinski definition) is 1. The first-order valence-electron chi connectivity index (χ1n) is 6.12. The van der Waals surface area contributed by atoms with Crippen LogP contribution < -0.4 is 10.5 Å². The summed E-state index contributed by atoms with van der Waals surface area (Å²) in [5, 5.41) is 0. The molecule has 2 rings (SSSR count). The van der Waals surface area contributed by atoms with Crippen molar-refractivity contribution in [3.63, 3.8) is 0 Å². The van der Waals surface area contributed by atoms with Gasteiger partial charge in [-0.15, -0.1) is 0 Å². The number of aromatic nitrogens is 1. The third kappa shape index (κ3) is 2.73. The third-order valence-corrected chi connectivity index (χ3v) is 3.15. The summed E-state index contributed by atoms with van der Waals surface area (Å²) >= 11 is 0. The summed E-state index contributed by atoms with van der Waals surface area (Å²) in [5.74, 6) is 0.932. The highest BCUT2D eigenvalue weighted by Crippen LogP contribution is 2.25. The summed E-state index contributed by atoms with van der Waals surface area (Å²) in [6.45, 7) is 2.48. The summed E-state index contributed by atoms with van der Waals surface area (Å²) in [5.41, 5.74) is 7.69. The maximum atomic E-state index is 6.04. The topological polar surface area (TPSA) is 48.1 Å². The van der Waals surface area contributed by atoms with Gasteiger partial charge in [-0.05, 0) is 32.6 Å². The molecule has 1 saturated carbocycles. The van der Waals surface area contributed by atoms with Crippen molar-refractivity contribution in [1.82, 2.24) is 4.98 Å². The Labute approximate surface area is 97.0 Å². The van der Waals surface area contributed by atoms with Gasteiger partial charge in [-0.25, -0.2) is 0 Å². The molecular formula is C13H20N2O. The van der Waals surface area contributed by atoms with Gasteiger partial charge in [0.05, 0.1) is 6.10 Å². The SMILES string of the molecule is Cc1cc(OC2CCCCC2)c(CN)cn1. The van der Waals surface area contributed by atoms with Crippen LogP contribution in [0.3, 0.4) is 0 Å². The molecule has 0 aromatic carbocycles. The molecule has 0 aliphatic heterocycles. The fourth-order valence-electron chi connectivity index (χ4n) is 2.19. The molecule has 1 fully saturated rings. The summed E-state index contributed by atoms with van der Waals surface area (Å²) in [4.78, 5) is 4.24. The average Bonchev–Trinajstić information content (AvgIpc) is 2.31. The smallest absolute Gasteiger partial charge is 0.127 e. The largest absolute Gasteiger partial charge is 0.490 e. The van der Waals surface area contributed by atoms with Gasteiger partial charge in [0.1, 0.15) is 5.75 Å². The summed E-state index contributed by atoms with van der Waals surface area (Å²) in [6, 6.07) is 2.00. The van der Waals surface area contributed by atoms with Gasteiger partial charge < -0.3 is 10.5 Å². The van der Waals surface area contributed by atoms with Gasteiger partial charge in [0, 0.05) is 30.1 Å². The van der Waals surface area contributed by atoms with Gasteiger partial charge in [-0.2, -0.15) is 0 Å². The highest BCUT2D eigenvalue weighted by atomic mass is 16.5. The molecule has 0 spiro atoms. The van der Waals surface area contributed by atoms with Crippen LogP contribution in [0, 0.1) is 6.92 Å². The summed E-state index contributed by atoms with van der Waals surface area (Å²) < 4.78 is 6.04. The Morgan fingerprint density at radius 1 is 1.38 bits per heavy atom. The van der Waals surface area contributed by atoms with Crippen LogP contribution in [0.15, 0.2) is 12.3 Å². The fourth-order valence-corrected chi connectivity index (χ4v) is 2.19. The van der Waals surface area contributed by atoms with Crippen molar-refractivity contribution in [2.75, 3.05) is 0 Å². The van der Waals surface area contributed by atoms with Crippen molar-refractivity contribution in [2.45, 2.75) is 51.7 Å². The molecule has 1 aliphatic rings. The molecule has 16 heavy (non-hydrogen) atoms. The van der Waals surface area contributed by atoms with Crippen LogP contribution >= 0.6 is 0 Å². The Kier molecular flexibility index (Phi) is 3.78. The van der Waals surface area contributed by atoms with Crippen molar-refractivity contribution in [1.29, 1.82) is 0 Å². The number of nitrogens with two attached hydrogens (primary N) is 1. The van der Waals surface area contributed by atoms with Crippen molar-refractivity contribution in [2.24, 2.45) is 5.73 Å². The van der Waals surface area contributed by atoms with Crippen molar-refractivity contribution >= 4 is 0 Å². The van der Waals surface area contributed by atoms with E-state index in [-0.39, 0.29) is 0 Å². The van der Waals surface area contributed by atoms with E-state index in [1.54, 1.807) is 0 Å². The molecule has 0 saturated heterocycles. The lowest BCUT2D eigenvalue weighted by Crippen LogP contribution is -2.20. The van der Waals surface area contributed by atoms with Gasteiger partial charge in [0.25, 0.3) is 0 Å². The number of hydrogen-bond acceptors (Lipinski definition) is 3. The number of pyridine rings is 1. The predicted octanol–water partition coefficient (Wildman–Crippen LogP) is 2.56. The van der Waals surface area contributed by atoms with E-state index < -0.39 is 0 Å². The van der Waals surface area contributed by atoms with Crippen LogP contribution in [-0.2, 0) is 6.54 Å². The van der Waals surface area contributed by atoms with E-state index in [0.29, 0.717) is 12.6 Å². The van der Waals surface area contributed by atoms with E-state index in [9.17, 15) is 0 Å². The van der Waals surface area contributed by atoms with E-state index in [1.807, 2.05) is 19.2 Å². The molecular weight excluding hydrogens is 200 g/mol. The van der Waals surface area contributed by atoms with Gasteiger partial charge in [0.2, 0.25) is 0 Å². The summed E-state index contributed by atoms with van der Waals surface area (Å²) in [6.07, 6.45) is 8.46. The number of aryl methyl sites for hydroxylation is 1. The zero-order chi connectivity index (χ0) is 11.4. The van der Waals surface area contributed by atoms with Gasteiger partial charge in [-0.1, -0.05) is 6.42 Å². The molecule has 1 aromatic rings. The minimum absolute atomic E-state index is 0.376. The van der Waals surface area contributed by atoms with Crippen LogP contribution in [0.2, 0.25) is 0 Å². The lowest BCUT2D eigenvalue weighted by Gasteiger charge is -2.24. The first-order valence-corrected chi connectivity index (χ1v) is 6.12. The minimum Gasteiger partial charge on any atom is -0.490 e. The first kappa shape index (κ1) is 11.4. The molecule has 0 amide bonds. The Bertz CT molecular complexity index is 346. The molecule has 1 heterocycles. The fraction of sp³-hybridized carbons (Fsp3) is 0.615. The molecule has 88 valence electrons. The average molecular weight is 220 g/mol. The van der Waals surface area contributed by atoms with Crippen molar-refractivity contribution in [3.8, 4) is 5.75 Å². The Morgan fingerprint density at radius 3 is 2.81 bits per heavy atom. The normalized spacial score (nSPS) is 17.4. The molecule has 2 N–H and O–H groups in total. The van der Waals surface area contributed by atoms with Crippen molar-refractivity contribution < 1.29 is 4.74 Å². The standard InChI is InChI=1S/C13H20N2O/c1-10-7-13(11(8-14)9-15-10)16-12-5-3-2-4-6-12/h7,9,12H,2-6,8,14H2,1H3. The second-order valence-electron chi connectivity index (χ2n) is 4.52. The second-order valence-corrected chi connectivity index (χ2v) is 4.52. The van der Waals surface area contributed by atoms with Gasteiger partial charge in [0.15, 0.2) is 0 Å². The monoisotopic (exact) mass is 220 g/mol. The lowest BCUT2D eigenvalue weighted by atomic mass is 9.98. The Balaban J connectivity index is 2.09. The van der Waals surface area contributed by atoms with Crippen LogP contribution in [-0.4, -0.2) is 11.1 Å². The van der Waals surface area contributed by atoms with Gasteiger partial charge >= 0.3 is 0 Å². The van der Waals surface area contributed by atoms with E-state index in [1.165, 1.54) is 32.1 Å². The summed E-state index contributed by atoms with van der Waals surface area (Å²) in [7, 11) is 0. The molecule has 1 aliphatic carbocycles. The number of nitrogens with zero attached hydrogens (tertiary/aromatic N) is 1. The maximum Gasteiger partial charge on any atom is 0.127 e. The quantitative estimate of drug-likeness (QED) is 0.851. The third-order valence-electron chi connectivity index (χ3n) is 3.15. The van der Waals surface area contributed by atoms with Crippen LogP contribution in [0.1, 0.15) is 43.4 Å². The molecule has 0 radical (unpaired) electrons. The minimum atomic E-state index is 0.376. The van der Waals surface area contributed by atoms with E-state index in [4.69, 9.17) is 10.5 Å². The zero-order valence-corrected chi connectivity index (χ0v) is 9.91. The molecule has 3 heteroatoms. The highest BCUT2D eigenvalue weighted by molar-refractivity contribution is 5.32. The first-order chi connectivity index (χ1) is 7.79. The Morgan fingerprint density at radius 2 is 2.12 bits per heavy atom. The van der Waals surface area contributed by atoms with Gasteiger partial charge in [-0.3, -0.25) is 4.98 Å². The zero-order valence-electron chi connectivity index (χ0n) is 9.91. The molecule has 0 bridgehead atoms. The molecule has 1 aromatic heterocycles. The van der Waals surface area contributed by atoms with E-state index >= 15 is 0 Å². The Hall–Kier alpha value is -1.09.